The van der Waals surface area contributed by atoms with Crippen LogP contribution in [-0.2, 0) is 10.5 Å². The zero-order valence-electron chi connectivity index (χ0n) is 14.7. The quantitative estimate of drug-likeness (QED) is 0.561. The van der Waals surface area contributed by atoms with Crippen molar-refractivity contribution in [3.05, 3.63) is 33.9 Å². The Morgan fingerprint density at radius 3 is 2.76 bits per heavy atom. The number of nitrogens with zero attached hydrogens (tertiary/aromatic N) is 2. The van der Waals surface area contributed by atoms with E-state index in [2.05, 4.69) is 5.32 Å². The molecule has 0 unspecified atom stereocenters. The van der Waals surface area contributed by atoms with Gasteiger partial charge >= 0.3 is 5.69 Å². The van der Waals surface area contributed by atoms with Crippen molar-refractivity contribution in [2.45, 2.75) is 18.6 Å². The van der Waals surface area contributed by atoms with E-state index >= 15 is 0 Å². The molecule has 0 aromatic heterocycles. The van der Waals surface area contributed by atoms with Gasteiger partial charge in [-0.15, -0.1) is 11.8 Å². The van der Waals surface area contributed by atoms with E-state index in [0.29, 0.717) is 17.4 Å². The topological polar surface area (TPSA) is 84.7 Å². The largest absolute Gasteiger partial charge is 0.490 e. The maximum Gasteiger partial charge on any atom is 0.311 e. The van der Waals surface area contributed by atoms with Crippen molar-refractivity contribution in [1.29, 1.82) is 0 Å². The Morgan fingerprint density at radius 2 is 2.16 bits per heavy atom. The van der Waals surface area contributed by atoms with Gasteiger partial charge in [-0.1, -0.05) is 6.07 Å². The van der Waals surface area contributed by atoms with Gasteiger partial charge in [0.2, 0.25) is 5.91 Å². The smallest absolute Gasteiger partial charge is 0.311 e. The van der Waals surface area contributed by atoms with Crippen LogP contribution in [0.5, 0.6) is 5.75 Å². The highest BCUT2D eigenvalue weighted by molar-refractivity contribution is 7.99. The summed E-state index contributed by atoms with van der Waals surface area (Å²) < 4.78 is 5.00. The summed E-state index contributed by atoms with van der Waals surface area (Å²) in [4.78, 5) is 24.8. The molecule has 1 saturated heterocycles. The molecule has 138 valence electrons. The number of carbonyl (C=O) groups is 1. The Balaban J connectivity index is 1.80. The fourth-order valence-corrected chi connectivity index (χ4v) is 3.87. The molecule has 1 aromatic rings. The van der Waals surface area contributed by atoms with Crippen molar-refractivity contribution in [3.8, 4) is 5.75 Å². The summed E-state index contributed by atoms with van der Waals surface area (Å²) >= 11 is 1.49. The normalized spacial score (nSPS) is 15.2. The Bertz CT molecular complexity index is 604. The predicted molar refractivity (Wildman–Crippen MR) is 99.0 cm³/mol. The van der Waals surface area contributed by atoms with Crippen molar-refractivity contribution in [2.24, 2.45) is 5.92 Å². The number of piperidine rings is 1. The molecule has 1 heterocycles. The van der Waals surface area contributed by atoms with Gasteiger partial charge in [-0.3, -0.25) is 14.9 Å². The number of nitro benzene ring substituents is 1. The molecule has 0 spiro atoms. The molecule has 1 fully saturated rings. The van der Waals surface area contributed by atoms with Crippen molar-refractivity contribution in [3.63, 3.8) is 0 Å². The van der Waals surface area contributed by atoms with Crippen LogP contribution in [0.3, 0.4) is 0 Å². The molecule has 0 aliphatic carbocycles. The van der Waals surface area contributed by atoms with Crippen molar-refractivity contribution in [1.82, 2.24) is 10.2 Å². The van der Waals surface area contributed by atoms with Crippen molar-refractivity contribution < 1.29 is 14.5 Å². The van der Waals surface area contributed by atoms with E-state index in [1.165, 1.54) is 24.9 Å². The first-order valence-electron chi connectivity index (χ1n) is 8.36. The highest BCUT2D eigenvalue weighted by Gasteiger charge is 2.22. The third kappa shape index (κ3) is 5.61. The number of rotatable bonds is 8. The average molecular weight is 367 g/mol. The van der Waals surface area contributed by atoms with E-state index in [4.69, 9.17) is 4.74 Å². The summed E-state index contributed by atoms with van der Waals surface area (Å²) in [6.45, 7) is 2.65. The Labute approximate surface area is 152 Å². The second kappa shape index (κ2) is 9.62. The van der Waals surface area contributed by atoms with Crippen LogP contribution in [0.2, 0.25) is 0 Å². The van der Waals surface area contributed by atoms with E-state index in [9.17, 15) is 14.9 Å². The van der Waals surface area contributed by atoms with Crippen LogP contribution in [0.15, 0.2) is 18.2 Å². The number of thioether (sulfide) groups is 1. The molecule has 1 aliphatic rings. The van der Waals surface area contributed by atoms with Gasteiger partial charge in [0, 0.05) is 24.9 Å². The van der Waals surface area contributed by atoms with Gasteiger partial charge in [0.05, 0.1) is 17.8 Å². The van der Waals surface area contributed by atoms with E-state index in [0.717, 1.165) is 38.0 Å². The maximum absolute atomic E-state index is 12.3. The predicted octanol–water partition coefficient (Wildman–Crippen LogP) is 2.29. The molecule has 0 bridgehead atoms. The number of nitro groups is 1. The number of benzene rings is 1. The molecule has 1 N–H and O–H groups in total. The fourth-order valence-electron chi connectivity index (χ4n) is 2.99. The number of carbonyl (C=O) groups excluding carboxylic acids is 1. The second-order valence-corrected chi connectivity index (χ2v) is 7.12. The number of ether oxygens (including phenoxy) is 1. The number of hydrogen-bond donors (Lipinski definition) is 1. The summed E-state index contributed by atoms with van der Waals surface area (Å²) in [5, 5.41) is 14.2. The third-order valence-corrected chi connectivity index (χ3v) is 5.38. The average Bonchev–Trinajstić information content (AvgIpc) is 2.62. The van der Waals surface area contributed by atoms with Crippen molar-refractivity contribution in [2.75, 3.05) is 39.5 Å². The minimum atomic E-state index is -0.451. The first kappa shape index (κ1) is 19.5. The molecule has 7 nitrogen and oxygen atoms in total. The lowest BCUT2D eigenvalue weighted by Gasteiger charge is -2.31. The first-order valence-corrected chi connectivity index (χ1v) is 9.52. The number of hydrogen-bond acceptors (Lipinski definition) is 6. The molecule has 25 heavy (non-hydrogen) atoms. The molecular weight excluding hydrogens is 342 g/mol. The molecule has 0 saturated carbocycles. The lowest BCUT2D eigenvalue weighted by Crippen LogP contribution is -2.41. The minimum Gasteiger partial charge on any atom is -0.490 e. The maximum atomic E-state index is 12.3. The van der Waals surface area contributed by atoms with Gasteiger partial charge in [-0.05, 0) is 44.0 Å². The number of likely N-dealkylation sites (tertiary alicyclic amines) is 1. The highest BCUT2D eigenvalue weighted by atomic mass is 32.2. The number of nitrogens with one attached hydrogen (secondary N) is 1. The van der Waals surface area contributed by atoms with Crippen LogP contribution < -0.4 is 10.1 Å². The highest BCUT2D eigenvalue weighted by Crippen LogP contribution is 2.29. The first-order chi connectivity index (χ1) is 12.0. The van der Waals surface area contributed by atoms with E-state index < -0.39 is 4.92 Å². The summed E-state index contributed by atoms with van der Waals surface area (Å²) in [5.74, 6) is 2.01. The molecule has 0 radical (unpaired) electrons. The lowest BCUT2D eigenvalue weighted by atomic mass is 9.97. The van der Waals surface area contributed by atoms with Crippen LogP contribution >= 0.6 is 11.8 Å². The summed E-state index contributed by atoms with van der Waals surface area (Å²) in [6, 6.07) is 4.91. The molecule has 8 heteroatoms. The van der Waals surface area contributed by atoms with Gasteiger partial charge in [-0.2, -0.15) is 0 Å². The summed E-state index contributed by atoms with van der Waals surface area (Å²) in [5.41, 5.74) is 0.775. The monoisotopic (exact) mass is 367 g/mol. The van der Waals surface area contributed by atoms with E-state index in [-0.39, 0.29) is 17.3 Å². The van der Waals surface area contributed by atoms with Gasteiger partial charge in [0.25, 0.3) is 0 Å². The SMILES string of the molecule is CNCC1CCN(C(=O)CSCc2ccc(OC)c([N+](=O)[O-])c2)CC1. The van der Waals surface area contributed by atoms with Crippen LogP contribution in [0, 0.1) is 16.0 Å². The summed E-state index contributed by atoms with van der Waals surface area (Å²) in [6.07, 6.45) is 2.09. The molecule has 1 aromatic carbocycles. The molecule has 1 amide bonds. The van der Waals surface area contributed by atoms with Gasteiger partial charge in [-0.25, -0.2) is 0 Å². The second-order valence-electron chi connectivity index (χ2n) is 6.14. The number of amides is 1. The van der Waals surface area contributed by atoms with E-state index in [1.54, 1.807) is 12.1 Å². The van der Waals surface area contributed by atoms with Crippen LogP contribution in [-0.4, -0.2) is 55.3 Å². The molecular formula is C17H25N3O4S. The zero-order chi connectivity index (χ0) is 18.2. The van der Waals surface area contributed by atoms with Crippen molar-refractivity contribution >= 4 is 23.4 Å². The molecule has 2 rings (SSSR count). The number of methoxy groups -OCH3 is 1. The van der Waals surface area contributed by atoms with Crippen LogP contribution in [0.25, 0.3) is 0 Å². The van der Waals surface area contributed by atoms with Crippen LogP contribution in [0.4, 0.5) is 5.69 Å². The minimum absolute atomic E-state index is 0.0430. The third-order valence-electron chi connectivity index (χ3n) is 4.39. The Hall–Kier alpha value is -1.80. The molecule has 1 aliphatic heterocycles. The lowest BCUT2D eigenvalue weighted by molar-refractivity contribution is -0.385. The standard InChI is InChI=1S/C17H25N3O4S/c1-18-10-13-5-7-19(8-6-13)17(21)12-25-11-14-3-4-16(24-2)15(9-14)20(22)23/h3-4,9,13,18H,5-8,10-12H2,1-2H3. The van der Waals surface area contributed by atoms with Gasteiger partial charge in [0.15, 0.2) is 5.75 Å². The summed E-state index contributed by atoms with van der Waals surface area (Å²) in [7, 11) is 3.37. The van der Waals surface area contributed by atoms with Crippen LogP contribution in [0.1, 0.15) is 18.4 Å². The molecule has 0 atom stereocenters. The van der Waals surface area contributed by atoms with Gasteiger partial charge < -0.3 is 15.0 Å². The Morgan fingerprint density at radius 1 is 1.44 bits per heavy atom. The fraction of sp³-hybridized carbons (Fsp3) is 0.588. The zero-order valence-corrected chi connectivity index (χ0v) is 15.5. The van der Waals surface area contributed by atoms with E-state index in [1.807, 2.05) is 11.9 Å². The Kier molecular flexibility index (Phi) is 7.52. The van der Waals surface area contributed by atoms with Gasteiger partial charge in [0.1, 0.15) is 0 Å².